The van der Waals surface area contributed by atoms with E-state index in [-0.39, 0.29) is 18.2 Å². The van der Waals surface area contributed by atoms with Gasteiger partial charge >= 0.3 is 0 Å². The summed E-state index contributed by atoms with van der Waals surface area (Å²) in [5, 5.41) is 12.3. The third-order valence-electron chi connectivity index (χ3n) is 4.30. The SMILES string of the molecule is CCCCc1nnc(NC(=O)[C@H]2CC(=O)N(c3cccc(OC)c3)C2)s1. The summed E-state index contributed by atoms with van der Waals surface area (Å²) in [6.45, 7) is 2.47. The minimum Gasteiger partial charge on any atom is -0.497 e. The molecule has 7 nitrogen and oxygen atoms in total. The lowest BCUT2D eigenvalue weighted by Gasteiger charge is -2.17. The molecule has 1 atom stereocenters. The molecule has 0 aliphatic carbocycles. The van der Waals surface area contributed by atoms with E-state index in [1.165, 1.54) is 11.3 Å². The molecule has 2 aromatic rings. The van der Waals surface area contributed by atoms with Gasteiger partial charge < -0.3 is 15.0 Å². The zero-order chi connectivity index (χ0) is 18.5. The molecule has 1 aliphatic rings. The van der Waals surface area contributed by atoms with Gasteiger partial charge in [0.05, 0.1) is 13.0 Å². The summed E-state index contributed by atoms with van der Waals surface area (Å²) < 4.78 is 5.20. The summed E-state index contributed by atoms with van der Waals surface area (Å²) in [6.07, 6.45) is 3.20. The first-order chi connectivity index (χ1) is 12.6. The summed E-state index contributed by atoms with van der Waals surface area (Å²) in [5.41, 5.74) is 0.738. The van der Waals surface area contributed by atoms with Crippen LogP contribution in [0.25, 0.3) is 0 Å². The lowest BCUT2D eigenvalue weighted by atomic mass is 10.1. The molecule has 1 N–H and O–H groups in total. The molecule has 3 rings (SSSR count). The van der Waals surface area contributed by atoms with Crippen LogP contribution in [-0.4, -0.2) is 35.7 Å². The summed E-state index contributed by atoms with van der Waals surface area (Å²) in [5.74, 6) is 0.00889. The van der Waals surface area contributed by atoms with Crippen LogP contribution >= 0.6 is 11.3 Å². The number of hydrogen-bond acceptors (Lipinski definition) is 6. The van der Waals surface area contributed by atoms with Crippen LogP contribution in [0.15, 0.2) is 24.3 Å². The van der Waals surface area contributed by atoms with Crippen LogP contribution in [0.5, 0.6) is 5.75 Å². The third-order valence-corrected chi connectivity index (χ3v) is 5.20. The van der Waals surface area contributed by atoms with Gasteiger partial charge in [-0.1, -0.05) is 30.7 Å². The van der Waals surface area contributed by atoms with Gasteiger partial charge in [-0.05, 0) is 18.6 Å². The van der Waals surface area contributed by atoms with Gasteiger partial charge in [0.1, 0.15) is 10.8 Å². The second-order valence-corrected chi connectivity index (χ2v) is 7.26. The third kappa shape index (κ3) is 4.19. The Balaban J connectivity index is 1.62. The van der Waals surface area contributed by atoms with E-state index in [0.717, 1.165) is 30.0 Å². The predicted molar refractivity (Wildman–Crippen MR) is 101 cm³/mol. The summed E-state index contributed by atoms with van der Waals surface area (Å²) >= 11 is 1.39. The van der Waals surface area contributed by atoms with Crippen LogP contribution in [-0.2, 0) is 16.0 Å². The second-order valence-electron chi connectivity index (χ2n) is 6.20. The fraction of sp³-hybridized carbons (Fsp3) is 0.444. The monoisotopic (exact) mass is 374 g/mol. The average Bonchev–Trinajstić information content (AvgIpc) is 3.26. The zero-order valence-corrected chi connectivity index (χ0v) is 15.7. The first kappa shape index (κ1) is 18.3. The maximum atomic E-state index is 12.5. The molecule has 2 heterocycles. The highest BCUT2D eigenvalue weighted by Crippen LogP contribution is 2.29. The van der Waals surface area contributed by atoms with Crippen molar-refractivity contribution in [3.05, 3.63) is 29.3 Å². The Morgan fingerprint density at radius 1 is 1.42 bits per heavy atom. The van der Waals surface area contributed by atoms with Gasteiger partial charge in [-0.15, -0.1) is 10.2 Å². The molecular weight excluding hydrogens is 352 g/mol. The van der Waals surface area contributed by atoms with Crippen LogP contribution in [0.4, 0.5) is 10.8 Å². The highest BCUT2D eigenvalue weighted by Gasteiger charge is 2.35. The Kier molecular flexibility index (Phi) is 5.82. The van der Waals surface area contributed by atoms with E-state index in [2.05, 4.69) is 22.4 Å². The molecule has 2 amide bonds. The number of carbonyl (C=O) groups excluding carboxylic acids is 2. The van der Waals surface area contributed by atoms with Gasteiger partial charge in [0.15, 0.2) is 0 Å². The highest BCUT2D eigenvalue weighted by molar-refractivity contribution is 7.15. The number of carbonyl (C=O) groups is 2. The molecule has 1 fully saturated rings. The Labute approximate surface area is 156 Å². The number of benzene rings is 1. The van der Waals surface area contributed by atoms with Crippen molar-refractivity contribution >= 4 is 34.0 Å². The van der Waals surface area contributed by atoms with Crippen LogP contribution in [0.1, 0.15) is 31.2 Å². The van der Waals surface area contributed by atoms with Gasteiger partial charge in [-0.3, -0.25) is 9.59 Å². The van der Waals surface area contributed by atoms with Crippen molar-refractivity contribution < 1.29 is 14.3 Å². The van der Waals surface area contributed by atoms with Gasteiger partial charge in [-0.25, -0.2) is 0 Å². The maximum absolute atomic E-state index is 12.5. The van der Waals surface area contributed by atoms with Gasteiger partial charge in [0, 0.05) is 31.1 Å². The van der Waals surface area contributed by atoms with Gasteiger partial charge in [0.25, 0.3) is 0 Å². The van der Waals surface area contributed by atoms with Crippen LogP contribution in [0.2, 0.25) is 0 Å². The fourth-order valence-corrected chi connectivity index (χ4v) is 3.64. The lowest BCUT2D eigenvalue weighted by molar-refractivity contribution is -0.122. The molecule has 8 heteroatoms. The minimum atomic E-state index is -0.406. The molecule has 0 radical (unpaired) electrons. The number of aromatic nitrogens is 2. The number of rotatable bonds is 7. The first-order valence-electron chi connectivity index (χ1n) is 8.68. The standard InChI is InChI=1S/C18H22N4O3S/c1-3-4-8-15-20-21-18(26-15)19-17(24)12-9-16(23)22(11-12)13-6-5-7-14(10-13)25-2/h5-7,10,12H,3-4,8-9,11H2,1-2H3,(H,19,21,24)/t12-/m0/s1. The van der Waals surface area contributed by atoms with Crippen molar-refractivity contribution in [3.63, 3.8) is 0 Å². The predicted octanol–water partition coefficient (Wildman–Crippen LogP) is 2.88. The van der Waals surface area contributed by atoms with E-state index in [1.54, 1.807) is 18.1 Å². The quantitative estimate of drug-likeness (QED) is 0.805. The molecule has 0 unspecified atom stereocenters. The molecule has 1 aromatic heterocycles. The Morgan fingerprint density at radius 3 is 3.04 bits per heavy atom. The van der Waals surface area contributed by atoms with Crippen LogP contribution in [0, 0.1) is 5.92 Å². The maximum Gasteiger partial charge on any atom is 0.231 e. The zero-order valence-electron chi connectivity index (χ0n) is 14.9. The molecule has 0 saturated carbocycles. The van der Waals surface area contributed by atoms with Gasteiger partial charge in [-0.2, -0.15) is 0 Å². The average molecular weight is 374 g/mol. The van der Waals surface area contributed by atoms with Crippen molar-refractivity contribution in [3.8, 4) is 5.75 Å². The van der Waals surface area contributed by atoms with E-state index in [1.807, 2.05) is 18.2 Å². The Bertz CT molecular complexity index is 792. The number of hydrogen-bond donors (Lipinski definition) is 1. The molecule has 1 aromatic carbocycles. The molecule has 1 aliphatic heterocycles. The molecule has 138 valence electrons. The number of aryl methyl sites for hydroxylation is 1. The van der Waals surface area contributed by atoms with E-state index in [4.69, 9.17) is 4.74 Å². The Morgan fingerprint density at radius 2 is 2.27 bits per heavy atom. The largest absolute Gasteiger partial charge is 0.497 e. The van der Waals surface area contributed by atoms with Crippen molar-refractivity contribution in [2.24, 2.45) is 5.92 Å². The van der Waals surface area contributed by atoms with Crippen molar-refractivity contribution in [2.45, 2.75) is 32.6 Å². The smallest absolute Gasteiger partial charge is 0.231 e. The summed E-state index contributed by atoms with van der Waals surface area (Å²) in [4.78, 5) is 26.5. The van der Waals surface area contributed by atoms with E-state index in [9.17, 15) is 9.59 Å². The van der Waals surface area contributed by atoms with Crippen molar-refractivity contribution in [2.75, 3.05) is 23.9 Å². The van der Waals surface area contributed by atoms with Crippen molar-refractivity contribution in [1.82, 2.24) is 10.2 Å². The number of ether oxygens (including phenoxy) is 1. The van der Waals surface area contributed by atoms with Crippen molar-refractivity contribution in [1.29, 1.82) is 0 Å². The first-order valence-corrected chi connectivity index (χ1v) is 9.50. The molecule has 0 bridgehead atoms. The highest BCUT2D eigenvalue weighted by atomic mass is 32.1. The van der Waals surface area contributed by atoms with Gasteiger partial charge in [0.2, 0.25) is 16.9 Å². The number of nitrogens with one attached hydrogen (secondary N) is 1. The normalized spacial score (nSPS) is 16.8. The van der Waals surface area contributed by atoms with E-state index in [0.29, 0.717) is 17.4 Å². The molecular formula is C18H22N4O3S. The number of nitrogens with zero attached hydrogens (tertiary/aromatic N) is 3. The second kappa shape index (κ2) is 8.27. The number of anilines is 2. The number of amides is 2. The molecule has 1 saturated heterocycles. The summed E-state index contributed by atoms with van der Waals surface area (Å²) in [7, 11) is 1.58. The van der Waals surface area contributed by atoms with Crippen LogP contribution < -0.4 is 15.0 Å². The Hall–Kier alpha value is -2.48. The number of methoxy groups -OCH3 is 1. The van der Waals surface area contributed by atoms with E-state index < -0.39 is 5.92 Å². The summed E-state index contributed by atoms with van der Waals surface area (Å²) in [6, 6.07) is 7.28. The topological polar surface area (TPSA) is 84.4 Å². The minimum absolute atomic E-state index is 0.0701. The van der Waals surface area contributed by atoms with E-state index >= 15 is 0 Å². The fourth-order valence-electron chi connectivity index (χ4n) is 2.85. The lowest BCUT2D eigenvalue weighted by Crippen LogP contribution is -2.28. The number of unbranched alkanes of at least 4 members (excludes halogenated alkanes) is 1. The molecule has 26 heavy (non-hydrogen) atoms. The molecule has 0 spiro atoms. The van der Waals surface area contributed by atoms with Crippen LogP contribution in [0.3, 0.4) is 0 Å².